The van der Waals surface area contributed by atoms with Crippen LogP contribution in [0.2, 0.25) is 5.02 Å². The summed E-state index contributed by atoms with van der Waals surface area (Å²) in [7, 11) is 1.47. The maximum atomic E-state index is 13.3. The summed E-state index contributed by atoms with van der Waals surface area (Å²) >= 11 is 6.14. The molecule has 2 N–H and O–H groups in total. The molecule has 0 radical (unpaired) electrons. The summed E-state index contributed by atoms with van der Waals surface area (Å²) in [5, 5.41) is 12.8. The highest BCUT2D eigenvalue weighted by molar-refractivity contribution is 6.31. The van der Waals surface area contributed by atoms with Crippen molar-refractivity contribution < 1.29 is 9.53 Å². The van der Waals surface area contributed by atoms with E-state index in [2.05, 4.69) is 21.4 Å². The van der Waals surface area contributed by atoms with E-state index < -0.39 is 11.6 Å². The van der Waals surface area contributed by atoms with E-state index in [1.54, 1.807) is 42.7 Å². The van der Waals surface area contributed by atoms with Crippen molar-refractivity contribution in [3.8, 4) is 22.9 Å². The van der Waals surface area contributed by atoms with Crippen molar-refractivity contribution in [2.24, 2.45) is 5.92 Å². The number of hydrogen-bond donors (Lipinski definition) is 2. The van der Waals surface area contributed by atoms with E-state index in [9.17, 15) is 14.9 Å². The number of benzene rings is 2. The second-order valence-corrected chi connectivity index (χ2v) is 8.55. The van der Waals surface area contributed by atoms with Crippen LogP contribution in [0.1, 0.15) is 25.5 Å². The van der Waals surface area contributed by atoms with Gasteiger partial charge < -0.3 is 15.0 Å². The number of fused-ring (bicyclic) bond motifs is 1. The van der Waals surface area contributed by atoms with Gasteiger partial charge in [0.25, 0.3) is 5.56 Å². The highest BCUT2D eigenvalue weighted by atomic mass is 35.5. The van der Waals surface area contributed by atoms with Gasteiger partial charge in [0.2, 0.25) is 5.91 Å². The van der Waals surface area contributed by atoms with E-state index in [1.807, 2.05) is 13.8 Å². The number of carbonyl (C=O) groups excluding carboxylic acids is 1. The first kappa shape index (κ1) is 23.1. The second kappa shape index (κ2) is 9.41. The van der Waals surface area contributed by atoms with Crippen LogP contribution in [0.15, 0.2) is 59.8 Å². The Morgan fingerprint density at radius 1 is 1.21 bits per heavy atom. The third kappa shape index (κ3) is 4.38. The number of rotatable bonds is 6. The first-order valence-corrected chi connectivity index (χ1v) is 10.9. The van der Waals surface area contributed by atoms with Gasteiger partial charge in [-0.2, -0.15) is 5.26 Å². The highest BCUT2D eigenvalue weighted by Crippen LogP contribution is 2.34. The molecule has 0 aliphatic carbocycles. The molecular weight excluding hydrogens is 454 g/mol. The van der Waals surface area contributed by atoms with Crippen molar-refractivity contribution in [2.45, 2.75) is 19.9 Å². The fourth-order valence-electron chi connectivity index (χ4n) is 3.94. The molecule has 0 aliphatic heterocycles. The Bertz CT molecular complexity index is 1480. The van der Waals surface area contributed by atoms with Crippen LogP contribution in [0, 0.1) is 17.2 Å². The summed E-state index contributed by atoms with van der Waals surface area (Å²) in [4.78, 5) is 33.7. The van der Waals surface area contributed by atoms with Crippen LogP contribution in [-0.2, 0) is 4.79 Å². The molecular formula is C25H22ClN5O3. The quantitative estimate of drug-likeness (QED) is 0.417. The summed E-state index contributed by atoms with van der Waals surface area (Å²) < 4.78 is 6.90. The van der Waals surface area contributed by atoms with Gasteiger partial charge in [-0.1, -0.05) is 25.4 Å². The molecule has 172 valence electrons. The third-order valence-electron chi connectivity index (χ3n) is 5.54. The van der Waals surface area contributed by atoms with Crippen molar-refractivity contribution in [3.05, 3.63) is 75.9 Å². The molecule has 0 fully saturated rings. The molecule has 2 heterocycles. The van der Waals surface area contributed by atoms with Crippen molar-refractivity contribution in [2.75, 3.05) is 12.4 Å². The van der Waals surface area contributed by atoms with E-state index in [0.717, 1.165) is 11.0 Å². The number of aromatic amines is 1. The lowest BCUT2D eigenvalue weighted by Gasteiger charge is -2.24. The molecule has 2 aromatic carbocycles. The minimum absolute atomic E-state index is 0.204. The zero-order valence-corrected chi connectivity index (χ0v) is 19.6. The number of H-pyrrole nitrogens is 1. The number of methoxy groups -OCH3 is 1. The van der Waals surface area contributed by atoms with Crippen molar-refractivity contribution in [3.63, 3.8) is 0 Å². The normalized spacial score (nSPS) is 11.9. The fraction of sp³-hybridized carbons (Fsp3) is 0.200. The zero-order valence-electron chi connectivity index (χ0n) is 18.8. The Hall–Kier alpha value is -4.09. The molecule has 8 nitrogen and oxygen atoms in total. The van der Waals surface area contributed by atoms with E-state index in [4.69, 9.17) is 16.3 Å². The first-order valence-electron chi connectivity index (χ1n) is 10.6. The number of amides is 1. The number of ether oxygens (including phenoxy) is 1. The smallest absolute Gasteiger partial charge is 0.252 e. The SMILES string of the molecule is COc1cn(C(C(=O)Nc2ccc3nc[nH]c3c2)C(C)C)c(=O)cc1-c1cc(Cl)ccc1C#N. The molecule has 0 aliphatic rings. The lowest BCUT2D eigenvalue weighted by Crippen LogP contribution is -2.36. The van der Waals surface area contributed by atoms with Gasteiger partial charge in [-0.3, -0.25) is 14.2 Å². The number of nitrogens with zero attached hydrogens (tertiary/aromatic N) is 3. The zero-order chi connectivity index (χ0) is 24.4. The predicted molar refractivity (Wildman–Crippen MR) is 131 cm³/mol. The Morgan fingerprint density at radius 3 is 2.71 bits per heavy atom. The number of imidazole rings is 1. The van der Waals surface area contributed by atoms with Crippen LogP contribution in [0.5, 0.6) is 5.75 Å². The number of pyridine rings is 1. The van der Waals surface area contributed by atoms with Gasteiger partial charge in [-0.25, -0.2) is 4.98 Å². The van der Waals surface area contributed by atoms with Gasteiger partial charge in [0.05, 0.1) is 42.3 Å². The number of anilines is 1. The molecule has 0 spiro atoms. The van der Waals surface area contributed by atoms with Gasteiger partial charge in [0.1, 0.15) is 11.8 Å². The molecule has 4 rings (SSSR count). The summed E-state index contributed by atoms with van der Waals surface area (Å²) in [5.41, 5.74) is 3.01. The van der Waals surface area contributed by atoms with Gasteiger partial charge in [0.15, 0.2) is 0 Å². The lowest BCUT2D eigenvalue weighted by molar-refractivity contribution is -0.120. The van der Waals surface area contributed by atoms with Crippen molar-refractivity contribution >= 4 is 34.2 Å². The highest BCUT2D eigenvalue weighted by Gasteiger charge is 2.27. The minimum atomic E-state index is -0.803. The maximum absolute atomic E-state index is 13.3. The summed E-state index contributed by atoms with van der Waals surface area (Å²) in [6.45, 7) is 3.72. The van der Waals surface area contributed by atoms with Gasteiger partial charge >= 0.3 is 0 Å². The molecule has 0 saturated carbocycles. The van der Waals surface area contributed by atoms with Crippen LogP contribution in [0.4, 0.5) is 5.69 Å². The summed E-state index contributed by atoms with van der Waals surface area (Å²) in [6, 6.07) is 12.8. The van der Waals surface area contributed by atoms with Crippen LogP contribution >= 0.6 is 11.6 Å². The Morgan fingerprint density at radius 2 is 2.00 bits per heavy atom. The Labute approximate surface area is 200 Å². The van der Waals surface area contributed by atoms with E-state index in [1.165, 1.54) is 23.9 Å². The Kier molecular flexibility index (Phi) is 6.39. The molecule has 1 amide bonds. The Balaban J connectivity index is 1.75. The number of nitrogens with one attached hydrogen (secondary N) is 2. The number of hydrogen-bond acceptors (Lipinski definition) is 5. The summed E-state index contributed by atoms with van der Waals surface area (Å²) in [5.74, 6) is -0.202. The molecule has 9 heteroatoms. The van der Waals surface area contributed by atoms with Crippen LogP contribution in [-0.4, -0.2) is 27.6 Å². The lowest BCUT2D eigenvalue weighted by atomic mass is 9.99. The van der Waals surface area contributed by atoms with Crippen LogP contribution in [0.3, 0.4) is 0 Å². The third-order valence-corrected chi connectivity index (χ3v) is 5.78. The monoisotopic (exact) mass is 475 g/mol. The van der Waals surface area contributed by atoms with Crippen molar-refractivity contribution in [1.82, 2.24) is 14.5 Å². The fourth-order valence-corrected chi connectivity index (χ4v) is 4.11. The molecule has 0 saturated heterocycles. The molecule has 1 unspecified atom stereocenters. The van der Waals surface area contributed by atoms with Crippen molar-refractivity contribution in [1.29, 1.82) is 5.26 Å². The minimum Gasteiger partial charge on any atom is -0.495 e. The second-order valence-electron chi connectivity index (χ2n) is 8.12. The number of carbonyl (C=O) groups is 1. The molecule has 0 bridgehead atoms. The summed E-state index contributed by atoms with van der Waals surface area (Å²) in [6.07, 6.45) is 3.08. The average Bonchev–Trinajstić information content (AvgIpc) is 3.27. The molecule has 34 heavy (non-hydrogen) atoms. The molecule has 2 aromatic heterocycles. The average molecular weight is 476 g/mol. The number of aromatic nitrogens is 3. The van der Waals surface area contributed by atoms with Gasteiger partial charge in [0, 0.05) is 27.9 Å². The molecule has 1 atom stereocenters. The van der Waals surface area contributed by atoms with Gasteiger partial charge in [-0.15, -0.1) is 0 Å². The number of nitriles is 1. The van der Waals surface area contributed by atoms with Gasteiger partial charge in [-0.05, 0) is 42.3 Å². The standard InChI is InChI=1S/C25H22ClN5O3/c1-14(2)24(25(33)30-17-6-7-20-21(9-17)29-13-28-20)31-12-22(34-3)19(10-23(31)32)18-8-16(26)5-4-15(18)11-27/h4-10,12-14,24H,1-3H3,(H,28,29)(H,30,33). The van der Waals surface area contributed by atoms with Crippen LogP contribution < -0.4 is 15.6 Å². The van der Waals surface area contributed by atoms with E-state index in [-0.39, 0.29) is 11.8 Å². The topological polar surface area (TPSA) is 113 Å². The molecule has 4 aromatic rings. The largest absolute Gasteiger partial charge is 0.495 e. The van der Waals surface area contributed by atoms with Crippen LogP contribution in [0.25, 0.3) is 22.2 Å². The van der Waals surface area contributed by atoms with E-state index >= 15 is 0 Å². The predicted octanol–water partition coefficient (Wildman–Crippen LogP) is 4.76. The first-order chi connectivity index (χ1) is 16.3. The maximum Gasteiger partial charge on any atom is 0.252 e. The van der Waals surface area contributed by atoms with E-state index in [0.29, 0.717) is 33.1 Å². The number of halogens is 1.